The number of hydrogen-bond acceptors (Lipinski definition) is 3. The number of hydrogen-bond donors (Lipinski definition) is 1. The van der Waals surface area contributed by atoms with Crippen molar-refractivity contribution in [3.05, 3.63) is 29.8 Å². The molecule has 1 atom stereocenters. The molecule has 1 aromatic carbocycles. The topological polar surface area (TPSA) is 45.0 Å². The predicted octanol–water partition coefficient (Wildman–Crippen LogP) is 2.85. The van der Waals surface area contributed by atoms with Crippen LogP contribution in [0.3, 0.4) is 0 Å². The Hall–Kier alpha value is -1.67. The second-order valence-electron chi connectivity index (χ2n) is 3.46. The lowest BCUT2D eigenvalue weighted by Crippen LogP contribution is -2.20. The summed E-state index contributed by atoms with van der Waals surface area (Å²) in [5, 5.41) is 12.0. The summed E-state index contributed by atoms with van der Waals surface area (Å²) in [6.45, 7) is -0.0973. The zero-order valence-electron chi connectivity index (χ0n) is 9.49. The van der Waals surface area contributed by atoms with Gasteiger partial charge in [0.1, 0.15) is 11.8 Å². The fourth-order valence-electron chi connectivity index (χ4n) is 1.37. The quantitative estimate of drug-likeness (QED) is 0.831. The smallest absolute Gasteiger partial charge is 0.387 e. The van der Waals surface area contributed by atoms with E-state index in [4.69, 9.17) is 5.26 Å². The fraction of sp³-hybridized carbons (Fsp3) is 0.417. The van der Waals surface area contributed by atoms with E-state index in [1.807, 2.05) is 6.92 Å². The molecule has 0 aliphatic rings. The van der Waals surface area contributed by atoms with E-state index in [1.54, 1.807) is 12.1 Å². The first-order valence-electron chi connectivity index (χ1n) is 5.35. The van der Waals surface area contributed by atoms with E-state index in [0.29, 0.717) is 0 Å². The number of nitrogens with zero attached hydrogens (tertiary/aromatic N) is 1. The molecule has 0 fully saturated rings. The molecule has 92 valence electrons. The number of nitriles is 1. The summed E-state index contributed by atoms with van der Waals surface area (Å²) in [6.07, 6.45) is 0.921. The van der Waals surface area contributed by atoms with Crippen molar-refractivity contribution in [3.8, 4) is 11.8 Å². The molecular weight excluding hydrogens is 226 g/mol. The van der Waals surface area contributed by atoms with E-state index < -0.39 is 12.7 Å². The first kappa shape index (κ1) is 13.4. The van der Waals surface area contributed by atoms with Crippen LogP contribution in [0.1, 0.15) is 24.9 Å². The molecular formula is C12H14F2N2O. The molecule has 0 bridgehead atoms. The van der Waals surface area contributed by atoms with Crippen molar-refractivity contribution < 1.29 is 13.5 Å². The highest BCUT2D eigenvalue weighted by molar-refractivity contribution is 5.31. The summed E-state index contributed by atoms with van der Waals surface area (Å²) in [6, 6.07) is 7.76. The zero-order valence-corrected chi connectivity index (χ0v) is 9.49. The lowest BCUT2D eigenvalue weighted by molar-refractivity contribution is -0.0498. The summed E-state index contributed by atoms with van der Waals surface area (Å²) in [7, 11) is 0. The van der Waals surface area contributed by atoms with Crippen LogP contribution in [0.25, 0.3) is 0 Å². The van der Waals surface area contributed by atoms with E-state index >= 15 is 0 Å². The maximum atomic E-state index is 11.9. The summed E-state index contributed by atoms with van der Waals surface area (Å²) >= 11 is 0. The number of ether oxygens (including phenoxy) is 1. The maximum absolute atomic E-state index is 11.9. The first-order chi connectivity index (χ1) is 8.17. The Kier molecular flexibility index (Phi) is 5.37. The maximum Gasteiger partial charge on any atom is 0.387 e. The van der Waals surface area contributed by atoms with Crippen molar-refractivity contribution in [3.63, 3.8) is 0 Å². The minimum absolute atomic E-state index is 0.0935. The molecule has 3 nitrogen and oxygen atoms in total. The molecule has 1 rings (SSSR count). The molecule has 0 radical (unpaired) electrons. The molecule has 0 heterocycles. The van der Waals surface area contributed by atoms with Crippen LogP contribution in [-0.2, 0) is 0 Å². The van der Waals surface area contributed by atoms with Crippen LogP contribution in [0.2, 0.25) is 0 Å². The molecule has 1 N–H and O–H groups in total. The Morgan fingerprint density at radius 2 is 2.00 bits per heavy atom. The summed E-state index contributed by atoms with van der Waals surface area (Å²) < 4.78 is 28.1. The van der Waals surface area contributed by atoms with Gasteiger partial charge in [-0.25, -0.2) is 0 Å². The van der Waals surface area contributed by atoms with Crippen molar-refractivity contribution >= 4 is 0 Å². The minimum atomic E-state index is -2.83. The van der Waals surface area contributed by atoms with Crippen LogP contribution in [0.4, 0.5) is 8.78 Å². The molecule has 1 unspecified atom stereocenters. The molecule has 0 aliphatic carbocycles. The fourth-order valence-corrected chi connectivity index (χ4v) is 1.37. The largest absolute Gasteiger partial charge is 0.435 e. The second kappa shape index (κ2) is 6.81. The number of halogens is 2. The Labute approximate surface area is 99.0 Å². The van der Waals surface area contributed by atoms with Crippen molar-refractivity contribution in [2.75, 3.05) is 6.54 Å². The number of alkyl halides is 2. The lowest BCUT2D eigenvalue weighted by atomic mass is 10.1. The monoisotopic (exact) mass is 240 g/mol. The zero-order chi connectivity index (χ0) is 12.7. The van der Waals surface area contributed by atoms with Crippen LogP contribution in [-0.4, -0.2) is 13.2 Å². The van der Waals surface area contributed by atoms with Crippen LogP contribution in [0, 0.1) is 11.3 Å². The molecule has 5 heteroatoms. The Balaban J connectivity index is 2.68. The Morgan fingerprint density at radius 1 is 1.35 bits per heavy atom. The molecule has 17 heavy (non-hydrogen) atoms. The lowest BCUT2D eigenvalue weighted by Gasteiger charge is -2.11. The summed E-state index contributed by atoms with van der Waals surface area (Å²) in [5.74, 6) is 0.0935. The molecule has 1 aromatic rings. The third kappa shape index (κ3) is 4.37. The van der Waals surface area contributed by atoms with Gasteiger partial charge in [0, 0.05) is 0 Å². The summed E-state index contributed by atoms with van der Waals surface area (Å²) in [5.41, 5.74) is 0.738. The van der Waals surface area contributed by atoms with E-state index in [2.05, 4.69) is 16.1 Å². The molecule has 0 aromatic heterocycles. The van der Waals surface area contributed by atoms with Crippen molar-refractivity contribution in [1.29, 1.82) is 5.26 Å². The Morgan fingerprint density at radius 3 is 2.47 bits per heavy atom. The SMILES string of the molecule is CCCNC(C#N)c1ccc(OC(F)F)cc1. The van der Waals surface area contributed by atoms with Gasteiger partial charge in [-0.05, 0) is 30.7 Å². The van der Waals surface area contributed by atoms with Gasteiger partial charge in [0.25, 0.3) is 0 Å². The van der Waals surface area contributed by atoms with Gasteiger partial charge < -0.3 is 4.74 Å². The molecule has 0 aliphatic heterocycles. The van der Waals surface area contributed by atoms with Gasteiger partial charge in [-0.3, -0.25) is 5.32 Å². The second-order valence-corrected chi connectivity index (χ2v) is 3.46. The van der Waals surface area contributed by atoms with Gasteiger partial charge in [-0.1, -0.05) is 19.1 Å². The standard InChI is InChI=1S/C12H14F2N2O/c1-2-7-16-11(8-15)9-3-5-10(6-4-9)17-12(13)14/h3-6,11-12,16H,2,7H2,1H3. The molecule has 0 saturated carbocycles. The van der Waals surface area contributed by atoms with Crippen molar-refractivity contribution in [2.45, 2.75) is 26.0 Å². The van der Waals surface area contributed by atoms with Crippen LogP contribution in [0.5, 0.6) is 5.75 Å². The third-order valence-electron chi connectivity index (χ3n) is 2.17. The molecule has 0 saturated heterocycles. The predicted molar refractivity (Wildman–Crippen MR) is 59.7 cm³/mol. The van der Waals surface area contributed by atoms with Crippen molar-refractivity contribution in [1.82, 2.24) is 5.32 Å². The van der Waals surface area contributed by atoms with Crippen molar-refractivity contribution in [2.24, 2.45) is 0 Å². The number of benzene rings is 1. The molecule has 0 spiro atoms. The van der Waals surface area contributed by atoms with E-state index in [9.17, 15) is 8.78 Å². The Bertz CT molecular complexity index is 373. The van der Waals surface area contributed by atoms with Crippen LogP contribution >= 0.6 is 0 Å². The van der Waals surface area contributed by atoms with Gasteiger partial charge >= 0.3 is 6.61 Å². The van der Waals surface area contributed by atoms with Gasteiger partial charge in [-0.15, -0.1) is 0 Å². The van der Waals surface area contributed by atoms with Gasteiger partial charge in [-0.2, -0.15) is 14.0 Å². The highest BCUT2D eigenvalue weighted by Gasteiger charge is 2.10. The first-order valence-corrected chi connectivity index (χ1v) is 5.35. The minimum Gasteiger partial charge on any atom is -0.435 e. The van der Waals surface area contributed by atoms with Gasteiger partial charge in [0.05, 0.1) is 6.07 Å². The van der Waals surface area contributed by atoms with E-state index in [0.717, 1.165) is 18.5 Å². The number of nitrogens with one attached hydrogen (secondary N) is 1. The average Bonchev–Trinajstić information content (AvgIpc) is 2.31. The highest BCUT2D eigenvalue weighted by Crippen LogP contribution is 2.18. The van der Waals surface area contributed by atoms with Gasteiger partial charge in [0.2, 0.25) is 0 Å². The van der Waals surface area contributed by atoms with Gasteiger partial charge in [0.15, 0.2) is 0 Å². The highest BCUT2D eigenvalue weighted by atomic mass is 19.3. The van der Waals surface area contributed by atoms with E-state index in [-0.39, 0.29) is 5.75 Å². The molecule has 0 amide bonds. The van der Waals surface area contributed by atoms with Crippen LogP contribution in [0.15, 0.2) is 24.3 Å². The third-order valence-corrected chi connectivity index (χ3v) is 2.17. The summed E-state index contributed by atoms with van der Waals surface area (Å²) in [4.78, 5) is 0. The normalized spacial score (nSPS) is 12.2. The van der Waals surface area contributed by atoms with Crippen LogP contribution < -0.4 is 10.1 Å². The average molecular weight is 240 g/mol. The van der Waals surface area contributed by atoms with E-state index in [1.165, 1.54) is 12.1 Å². The number of rotatable bonds is 6.